The highest BCUT2D eigenvalue weighted by atomic mass is 32.1. The summed E-state index contributed by atoms with van der Waals surface area (Å²) in [6, 6.07) is 3.90. The predicted octanol–water partition coefficient (Wildman–Crippen LogP) is 3.03. The molecule has 1 aromatic carbocycles. The molecule has 2 aromatic rings. The van der Waals surface area contributed by atoms with Gasteiger partial charge in [-0.15, -0.1) is 11.3 Å². The van der Waals surface area contributed by atoms with Crippen molar-refractivity contribution in [2.75, 3.05) is 7.11 Å². The van der Waals surface area contributed by atoms with E-state index in [0.29, 0.717) is 0 Å². The van der Waals surface area contributed by atoms with Crippen LogP contribution < -0.4 is 4.74 Å². The molecule has 0 saturated carbocycles. The van der Waals surface area contributed by atoms with Crippen molar-refractivity contribution in [1.29, 1.82) is 0 Å². The Kier molecular flexibility index (Phi) is 2.25. The van der Waals surface area contributed by atoms with Gasteiger partial charge in [0.1, 0.15) is 12.0 Å². The van der Waals surface area contributed by atoms with Crippen LogP contribution in [-0.4, -0.2) is 13.4 Å². The van der Waals surface area contributed by atoms with E-state index in [1.54, 1.807) is 18.4 Å². The van der Waals surface area contributed by atoms with Crippen LogP contribution in [-0.2, 0) is 0 Å². The van der Waals surface area contributed by atoms with Crippen LogP contribution in [0.2, 0.25) is 0 Å². The molecule has 0 spiro atoms. The van der Waals surface area contributed by atoms with Crippen molar-refractivity contribution in [3.05, 3.63) is 28.6 Å². The van der Waals surface area contributed by atoms with Crippen molar-refractivity contribution in [1.82, 2.24) is 0 Å². The third-order valence-electron chi connectivity index (χ3n) is 2.27. The van der Waals surface area contributed by atoms with Crippen LogP contribution in [0.25, 0.3) is 10.1 Å². The molecular formula is C11H10O2S. The average molecular weight is 206 g/mol. The number of aryl methyl sites for hydroxylation is 1. The summed E-state index contributed by atoms with van der Waals surface area (Å²) in [5, 5.41) is 3.04. The lowest BCUT2D eigenvalue weighted by molar-refractivity contribution is 0.112. The Hall–Kier alpha value is -1.35. The zero-order valence-corrected chi connectivity index (χ0v) is 8.85. The number of ether oxygens (including phenoxy) is 1. The molecule has 0 bridgehead atoms. The Bertz CT molecular complexity index is 485. The fourth-order valence-electron chi connectivity index (χ4n) is 1.46. The van der Waals surface area contributed by atoms with Gasteiger partial charge in [-0.3, -0.25) is 4.79 Å². The molecule has 0 unspecified atom stereocenters. The zero-order valence-electron chi connectivity index (χ0n) is 8.03. The van der Waals surface area contributed by atoms with Crippen molar-refractivity contribution >= 4 is 27.7 Å². The fourth-order valence-corrected chi connectivity index (χ4v) is 2.40. The Morgan fingerprint density at radius 3 is 2.86 bits per heavy atom. The number of methoxy groups -OCH3 is 1. The zero-order chi connectivity index (χ0) is 10.1. The normalized spacial score (nSPS) is 10.4. The van der Waals surface area contributed by atoms with Crippen LogP contribution in [0, 0.1) is 6.92 Å². The molecule has 2 rings (SSSR count). The van der Waals surface area contributed by atoms with Crippen molar-refractivity contribution in [2.45, 2.75) is 6.92 Å². The number of rotatable bonds is 2. The summed E-state index contributed by atoms with van der Waals surface area (Å²) >= 11 is 1.59. The summed E-state index contributed by atoms with van der Waals surface area (Å²) in [5.41, 5.74) is 1.74. The van der Waals surface area contributed by atoms with E-state index in [1.807, 2.05) is 24.4 Å². The molecule has 14 heavy (non-hydrogen) atoms. The number of fused-ring (bicyclic) bond motifs is 1. The van der Waals surface area contributed by atoms with Crippen molar-refractivity contribution in [3.8, 4) is 5.75 Å². The number of benzene rings is 1. The number of aldehydes is 1. The SMILES string of the molecule is COc1csc2cc(C=O)c(C)cc12. The lowest BCUT2D eigenvalue weighted by Crippen LogP contribution is -1.86. The molecule has 72 valence electrons. The Morgan fingerprint density at radius 1 is 1.43 bits per heavy atom. The van der Waals surface area contributed by atoms with Crippen LogP contribution in [0.1, 0.15) is 15.9 Å². The Balaban J connectivity index is 2.75. The third-order valence-corrected chi connectivity index (χ3v) is 3.20. The van der Waals surface area contributed by atoms with E-state index in [9.17, 15) is 4.79 Å². The van der Waals surface area contributed by atoms with E-state index in [4.69, 9.17) is 4.74 Å². The molecule has 0 atom stereocenters. The molecule has 0 amide bonds. The minimum atomic E-state index is 0.752. The first-order valence-corrected chi connectivity index (χ1v) is 5.15. The van der Waals surface area contributed by atoms with Gasteiger partial charge in [0.05, 0.1) is 7.11 Å². The van der Waals surface area contributed by atoms with Crippen molar-refractivity contribution in [3.63, 3.8) is 0 Å². The second-order valence-corrected chi connectivity index (χ2v) is 4.04. The van der Waals surface area contributed by atoms with Gasteiger partial charge in [-0.2, -0.15) is 0 Å². The number of carbonyl (C=O) groups is 1. The van der Waals surface area contributed by atoms with Gasteiger partial charge in [-0.25, -0.2) is 0 Å². The van der Waals surface area contributed by atoms with E-state index in [-0.39, 0.29) is 0 Å². The third kappa shape index (κ3) is 1.30. The van der Waals surface area contributed by atoms with Crippen LogP contribution in [0.3, 0.4) is 0 Å². The minimum Gasteiger partial charge on any atom is -0.495 e. The standard InChI is InChI=1S/C11H10O2S/c1-7-3-9-10(13-2)6-14-11(9)4-8(7)5-12/h3-6H,1-2H3. The predicted molar refractivity (Wildman–Crippen MR) is 58.5 cm³/mol. The molecule has 0 aliphatic heterocycles. The van der Waals surface area contributed by atoms with Crippen LogP contribution >= 0.6 is 11.3 Å². The van der Waals surface area contributed by atoms with Gasteiger partial charge in [0, 0.05) is 21.0 Å². The first-order valence-electron chi connectivity index (χ1n) is 4.27. The maximum absolute atomic E-state index is 10.7. The summed E-state index contributed by atoms with van der Waals surface area (Å²) in [7, 11) is 1.66. The van der Waals surface area contributed by atoms with Crippen LogP contribution in [0.4, 0.5) is 0 Å². The highest BCUT2D eigenvalue weighted by Crippen LogP contribution is 2.33. The van der Waals surface area contributed by atoms with E-state index in [0.717, 1.165) is 33.2 Å². The summed E-state index contributed by atoms with van der Waals surface area (Å²) < 4.78 is 6.31. The molecule has 1 heterocycles. The molecular weight excluding hydrogens is 196 g/mol. The number of carbonyl (C=O) groups excluding carboxylic acids is 1. The van der Waals surface area contributed by atoms with Gasteiger partial charge in [-0.05, 0) is 24.6 Å². The topological polar surface area (TPSA) is 26.3 Å². The Labute approximate surface area is 86.1 Å². The molecule has 0 saturated heterocycles. The van der Waals surface area contributed by atoms with Crippen LogP contribution in [0.5, 0.6) is 5.75 Å². The van der Waals surface area contributed by atoms with Gasteiger partial charge < -0.3 is 4.74 Å². The monoisotopic (exact) mass is 206 g/mol. The Morgan fingerprint density at radius 2 is 2.21 bits per heavy atom. The number of thiophene rings is 1. The molecule has 0 aliphatic carbocycles. The second kappa shape index (κ2) is 3.42. The van der Waals surface area contributed by atoms with Crippen LogP contribution in [0.15, 0.2) is 17.5 Å². The first kappa shape index (κ1) is 9.21. The maximum atomic E-state index is 10.7. The number of hydrogen-bond donors (Lipinski definition) is 0. The van der Waals surface area contributed by atoms with E-state index < -0.39 is 0 Å². The molecule has 0 N–H and O–H groups in total. The molecule has 0 radical (unpaired) electrons. The molecule has 0 aliphatic rings. The number of hydrogen-bond acceptors (Lipinski definition) is 3. The smallest absolute Gasteiger partial charge is 0.150 e. The van der Waals surface area contributed by atoms with Gasteiger partial charge in [-0.1, -0.05) is 0 Å². The lowest BCUT2D eigenvalue weighted by Gasteiger charge is -2.00. The van der Waals surface area contributed by atoms with Gasteiger partial charge in [0.25, 0.3) is 0 Å². The van der Waals surface area contributed by atoms with Crippen molar-refractivity contribution < 1.29 is 9.53 Å². The maximum Gasteiger partial charge on any atom is 0.150 e. The molecule has 3 heteroatoms. The van der Waals surface area contributed by atoms with Gasteiger partial charge in [0.2, 0.25) is 0 Å². The summed E-state index contributed by atoms with van der Waals surface area (Å²) in [6.07, 6.45) is 0.890. The lowest BCUT2D eigenvalue weighted by atomic mass is 10.1. The van der Waals surface area contributed by atoms with E-state index >= 15 is 0 Å². The molecule has 2 nitrogen and oxygen atoms in total. The molecule has 0 fully saturated rings. The summed E-state index contributed by atoms with van der Waals surface area (Å²) in [5.74, 6) is 0.880. The second-order valence-electron chi connectivity index (χ2n) is 3.13. The van der Waals surface area contributed by atoms with E-state index in [1.165, 1.54) is 0 Å². The quantitative estimate of drug-likeness (QED) is 0.706. The van der Waals surface area contributed by atoms with Crippen molar-refractivity contribution in [2.24, 2.45) is 0 Å². The average Bonchev–Trinajstić information content (AvgIpc) is 2.58. The largest absolute Gasteiger partial charge is 0.495 e. The summed E-state index contributed by atoms with van der Waals surface area (Å²) in [6.45, 7) is 1.93. The minimum absolute atomic E-state index is 0.752. The highest BCUT2D eigenvalue weighted by Gasteiger charge is 2.06. The molecule has 1 aromatic heterocycles. The van der Waals surface area contributed by atoms with Gasteiger partial charge >= 0.3 is 0 Å². The highest BCUT2D eigenvalue weighted by molar-refractivity contribution is 7.17. The summed E-state index contributed by atoms with van der Waals surface area (Å²) in [4.78, 5) is 10.7. The fraction of sp³-hybridized carbons (Fsp3) is 0.182. The first-order chi connectivity index (χ1) is 6.76. The van der Waals surface area contributed by atoms with E-state index in [2.05, 4.69) is 0 Å². The van der Waals surface area contributed by atoms with Gasteiger partial charge in [0.15, 0.2) is 0 Å².